The highest BCUT2D eigenvalue weighted by atomic mass is 16.5. The van der Waals surface area contributed by atoms with Gasteiger partial charge in [0.05, 0.1) is 7.11 Å². The van der Waals surface area contributed by atoms with E-state index in [4.69, 9.17) is 4.74 Å². The molecule has 1 N–H and O–H groups in total. The molecule has 1 aromatic rings. The summed E-state index contributed by atoms with van der Waals surface area (Å²) >= 11 is 0. The first-order valence-corrected chi connectivity index (χ1v) is 8.55. The van der Waals surface area contributed by atoms with E-state index in [1.807, 2.05) is 0 Å². The number of hydrogen-bond acceptors (Lipinski definition) is 2. The molecule has 1 saturated carbocycles. The number of methoxy groups -OCH3 is 1. The van der Waals surface area contributed by atoms with Gasteiger partial charge in [0.15, 0.2) is 0 Å². The Balaban J connectivity index is 2.30. The van der Waals surface area contributed by atoms with Crippen molar-refractivity contribution < 1.29 is 4.74 Å². The van der Waals surface area contributed by atoms with Crippen molar-refractivity contribution in [3.05, 3.63) is 28.8 Å². The molecule has 1 aromatic carbocycles. The highest BCUT2D eigenvalue weighted by molar-refractivity contribution is 5.43. The number of benzene rings is 1. The molecule has 0 aliphatic heterocycles. The van der Waals surface area contributed by atoms with Crippen molar-refractivity contribution in [2.24, 2.45) is 5.92 Å². The monoisotopic (exact) mass is 289 g/mol. The van der Waals surface area contributed by atoms with Crippen LogP contribution < -0.4 is 10.1 Å². The van der Waals surface area contributed by atoms with Crippen LogP contribution in [0.3, 0.4) is 0 Å². The van der Waals surface area contributed by atoms with E-state index in [-0.39, 0.29) is 0 Å². The first-order valence-electron chi connectivity index (χ1n) is 8.55. The van der Waals surface area contributed by atoms with E-state index < -0.39 is 0 Å². The van der Waals surface area contributed by atoms with E-state index >= 15 is 0 Å². The molecule has 0 heterocycles. The Hall–Kier alpha value is -1.02. The summed E-state index contributed by atoms with van der Waals surface area (Å²) in [5, 5.41) is 3.76. The second kappa shape index (κ2) is 7.84. The third-order valence-corrected chi connectivity index (χ3v) is 4.91. The fourth-order valence-electron chi connectivity index (χ4n) is 3.76. The molecular formula is C19H31NO. The van der Waals surface area contributed by atoms with E-state index in [9.17, 15) is 0 Å². The zero-order chi connectivity index (χ0) is 15.2. The van der Waals surface area contributed by atoms with Gasteiger partial charge in [0.2, 0.25) is 0 Å². The molecular weight excluding hydrogens is 258 g/mol. The Morgan fingerprint density at radius 2 is 1.76 bits per heavy atom. The van der Waals surface area contributed by atoms with Crippen LogP contribution in [0.15, 0.2) is 12.1 Å². The average Bonchev–Trinajstić information content (AvgIpc) is 2.76. The van der Waals surface area contributed by atoms with Gasteiger partial charge in [-0.2, -0.15) is 0 Å². The summed E-state index contributed by atoms with van der Waals surface area (Å²) in [6.07, 6.45) is 8.33. The van der Waals surface area contributed by atoms with E-state index in [1.54, 1.807) is 7.11 Å². The molecule has 0 aromatic heterocycles. The Morgan fingerprint density at radius 1 is 1.10 bits per heavy atom. The Bertz CT molecular complexity index is 447. The maximum atomic E-state index is 5.47. The number of hydrogen-bond donors (Lipinski definition) is 1. The van der Waals surface area contributed by atoms with Crippen LogP contribution in [0.25, 0.3) is 0 Å². The van der Waals surface area contributed by atoms with Crippen molar-refractivity contribution in [3.8, 4) is 5.75 Å². The van der Waals surface area contributed by atoms with Crippen molar-refractivity contribution in [2.75, 3.05) is 13.7 Å². The van der Waals surface area contributed by atoms with Crippen LogP contribution in [0.2, 0.25) is 0 Å². The van der Waals surface area contributed by atoms with Gasteiger partial charge in [-0.3, -0.25) is 0 Å². The molecule has 1 fully saturated rings. The third-order valence-electron chi connectivity index (χ3n) is 4.91. The number of aryl methyl sites for hydroxylation is 2. The maximum absolute atomic E-state index is 5.47. The molecule has 1 aliphatic carbocycles. The second-order valence-corrected chi connectivity index (χ2v) is 6.47. The predicted molar refractivity (Wildman–Crippen MR) is 90.1 cm³/mol. The molecule has 1 aliphatic rings. The second-order valence-electron chi connectivity index (χ2n) is 6.47. The molecule has 118 valence electrons. The summed E-state index contributed by atoms with van der Waals surface area (Å²) in [6.45, 7) is 7.62. The largest absolute Gasteiger partial charge is 0.496 e. The first kappa shape index (κ1) is 16.4. The van der Waals surface area contributed by atoms with Gasteiger partial charge < -0.3 is 10.1 Å². The lowest BCUT2D eigenvalue weighted by Crippen LogP contribution is -2.29. The Kier molecular flexibility index (Phi) is 6.10. The van der Waals surface area contributed by atoms with Gasteiger partial charge >= 0.3 is 0 Å². The van der Waals surface area contributed by atoms with Gasteiger partial charge in [-0.1, -0.05) is 38.7 Å². The number of rotatable bonds is 5. The van der Waals surface area contributed by atoms with Crippen molar-refractivity contribution in [1.82, 2.24) is 5.32 Å². The summed E-state index contributed by atoms with van der Waals surface area (Å²) in [5.74, 6) is 1.78. The molecule has 0 spiro atoms. The van der Waals surface area contributed by atoms with Gasteiger partial charge in [-0.15, -0.1) is 0 Å². The SMILES string of the molecule is CCNC(c1cc(C)c(OC)cc1C)C1CCCCCC1. The highest BCUT2D eigenvalue weighted by Gasteiger charge is 2.25. The molecule has 0 bridgehead atoms. The van der Waals surface area contributed by atoms with Crippen LogP contribution in [-0.2, 0) is 0 Å². The van der Waals surface area contributed by atoms with Crippen LogP contribution >= 0.6 is 0 Å². The third kappa shape index (κ3) is 4.00. The lowest BCUT2D eigenvalue weighted by molar-refractivity contribution is 0.328. The minimum absolute atomic E-state index is 0.498. The average molecular weight is 289 g/mol. The molecule has 2 nitrogen and oxygen atoms in total. The topological polar surface area (TPSA) is 21.3 Å². The zero-order valence-electron chi connectivity index (χ0n) is 14.2. The molecule has 0 saturated heterocycles. The van der Waals surface area contributed by atoms with Gasteiger partial charge in [-0.25, -0.2) is 0 Å². The molecule has 0 amide bonds. The molecule has 2 rings (SSSR count). The van der Waals surface area contributed by atoms with Crippen LogP contribution in [0, 0.1) is 19.8 Å². The van der Waals surface area contributed by atoms with Gasteiger partial charge in [0.25, 0.3) is 0 Å². The van der Waals surface area contributed by atoms with Crippen molar-refractivity contribution in [1.29, 1.82) is 0 Å². The fraction of sp³-hybridized carbons (Fsp3) is 0.684. The minimum atomic E-state index is 0.498. The lowest BCUT2D eigenvalue weighted by atomic mass is 9.84. The van der Waals surface area contributed by atoms with E-state index in [2.05, 4.69) is 38.2 Å². The zero-order valence-corrected chi connectivity index (χ0v) is 14.2. The molecule has 0 radical (unpaired) electrons. The summed E-state index contributed by atoms with van der Waals surface area (Å²) in [5.41, 5.74) is 4.07. The Labute approximate surface area is 130 Å². The van der Waals surface area contributed by atoms with Gasteiger partial charge in [-0.05, 0) is 61.9 Å². The van der Waals surface area contributed by atoms with Crippen molar-refractivity contribution >= 4 is 0 Å². The Morgan fingerprint density at radius 3 is 2.33 bits per heavy atom. The fourth-order valence-corrected chi connectivity index (χ4v) is 3.76. The predicted octanol–water partition coefficient (Wildman–Crippen LogP) is 4.93. The quantitative estimate of drug-likeness (QED) is 0.776. The van der Waals surface area contributed by atoms with Crippen molar-refractivity contribution in [2.45, 2.75) is 65.3 Å². The highest BCUT2D eigenvalue weighted by Crippen LogP contribution is 2.36. The van der Waals surface area contributed by atoms with Crippen LogP contribution in [0.1, 0.15) is 68.2 Å². The van der Waals surface area contributed by atoms with E-state index in [0.717, 1.165) is 18.2 Å². The van der Waals surface area contributed by atoms with Crippen LogP contribution in [-0.4, -0.2) is 13.7 Å². The standard InChI is InChI=1S/C19H31NO/c1-5-20-19(16-10-8-6-7-9-11-16)17-12-15(3)18(21-4)13-14(17)2/h12-13,16,19-20H,5-11H2,1-4H3. The lowest BCUT2D eigenvalue weighted by Gasteiger charge is -2.29. The van der Waals surface area contributed by atoms with Gasteiger partial charge in [0.1, 0.15) is 5.75 Å². The van der Waals surface area contributed by atoms with E-state index in [0.29, 0.717) is 6.04 Å². The maximum Gasteiger partial charge on any atom is 0.122 e. The summed E-state index contributed by atoms with van der Waals surface area (Å²) in [4.78, 5) is 0. The van der Waals surface area contributed by atoms with Gasteiger partial charge in [0, 0.05) is 6.04 Å². The smallest absolute Gasteiger partial charge is 0.122 e. The summed E-state index contributed by atoms with van der Waals surface area (Å²) < 4.78 is 5.47. The molecule has 21 heavy (non-hydrogen) atoms. The molecule has 1 unspecified atom stereocenters. The van der Waals surface area contributed by atoms with Crippen LogP contribution in [0.5, 0.6) is 5.75 Å². The summed E-state index contributed by atoms with van der Waals surface area (Å²) in [7, 11) is 1.76. The summed E-state index contributed by atoms with van der Waals surface area (Å²) in [6, 6.07) is 5.04. The van der Waals surface area contributed by atoms with Crippen LogP contribution in [0.4, 0.5) is 0 Å². The number of nitrogens with one attached hydrogen (secondary N) is 1. The van der Waals surface area contributed by atoms with E-state index in [1.165, 1.54) is 55.2 Å². The molecule has 1 atom stereocenters. The van der Waals surface area contributed by atoms with Crippen molar-refractivity contribution in [3.63, 3.8) is 0 Å². The number of ether oxygens (including phenoxy) is 1. The molecule has 2 heteroatoms. The first-order chi connectivity index (χ1) is 10.2. The normalized spacial score (nSPS) is 18.3. The minimum Gasteiger partial charge on any atom is -0.496 e.